The van der Waals surface area contributed by atoms with Crippen molar-refractivity contribution in [1.29, 1.82) is 0 Å². The normalized spacial score (nSPS) is 11.1. The fourth-order valence-electron chi connectivity index (χ4n) is 4.50. The van der Waals surface area contributed by atoms with Crippen molar-refractivity contribution in [3.63, 3.8) is 0 Å². The zero-order valence-corrected chi connectivity index (χ0v) is 26.1. The maximum absolute atomic E-state index is 15.6. The number of aryl methyl sites for hydroxylation is 1. The van der Waals surface area contributed by atoms with Crippen LogP contribution in [-0.2, 0) is 4.74 Å². The summed E-state index contributed by atoms with van der Waals surface area (Å²) in [7, 11) is 1.00. The number of carbonyl (C=O) groups excluding carboxylic acids is 1. The van der Waals surface area contributed by atoms with Gasteiger partial charge in [0.05, 0.1) is 44.0 Å². The maximum Gasteiger partial charge on any atom is 0.161 e. The molecule has 4 aromatic rings. The number of nitrogens with zero attached hydrogens (tertiary/aromatic N) is 3. The number of nitrogens with two attached hydrogens (primary N) is 1. The van der Waals surface area contributed by atoms with Crippen LogP contribution in [0.4, 0.5) is 20.2 Å². The smallest absolute Gasteiger partial charge is 0.161 e. The van der Waals surface area contributed by atoms with Crippen molar-refractivity contribution in [2.24, 2.45) is 20.7 Å². The van der Waals surface area contributed by atoms with Crippen LogP contribution in [0.15, 0.2) is 87.8 Å². The molecule has 4 aromatic carbocycles. The van der Waals surface area contributed by atoms with E-state index in [1.807, 2.05) is 24.3 Å². The van der Waals surface area contributed by atoms with Gasteiger partial charge in [-0.2, -0.15) is 0 Å². The third-order valence-electron chi connectivity index (χ3n) is 6.81. The van der Waals surface area contributed by atoms with Gasteiger partial charge in [0.15, 0.2) is 18.4 Å². The Balaban J connectivity index is 0.00000294. The molecule has 0 aliphatic carbocycles. The Labute approximate surface area is 272 Å². The number of carbonyl (C=O) groups is 1. The summed E-state index contributed by atoms with van der Waals surface area (Å²) >= 11 is 0. The molecule has 0 amide bonds. The van der Waals surface area contributed by atoms with Gasteiger partial charge in [0.25, 0.3) is 0 Å². The molecule has 0 saturated heterocycles. The molecule has 4 rings (SSSR count). The molecule has 0 aromatic heterocycles. The average molecular weight is 646 g/mol. The molecule has 0 radical (unpaired) electrons. The largest absolute Gasteiger partial charge is 0.473 e. The quantitative estimate of drug-likeness (QED) is 0.0462. The topological polar surface area (TPSA) is 151 Å². The molecule has 0 heterocycles. The molecular weight excluding hydrogens is 608 g/mol. The van der Waals surface area contributed by atoms with E-state index in [2.05, 4.69) is 27.0 Å². The van der Waals surface area contributed by atoms with Crippen molar-refractivity contribution in [1.82, 2.24) is 0 Å². The molecule has 47 heavy (non-hydrogen) atoms. The van der Waals surface area contributed by atoms with Gasteiger partial charge in [0.2, 0.25) is 0 Å². The van der Waals surface area contributed by atoms with Gasteiger partial charge in [-0.15, -0.1) is 0 Å². The first-order valence-electron chi connectivity index (χ1n) is 14.4. The van der Waals surface area contributed by atoms with Crippen LogP contribution in [0.2, 0.25) is 0 Å². The third kappa shape index (κ3) is 9.60. The Morgan fingerprint density at radius 1 is 0.979 bits per heavy atom. The van der Waals surface area contributed by atoms with E-state index in [4.69, 9.17) is 25.4 Å². The van der Waals surface area contributed by atoms with Crippen molar-refractivity contribution in [2.75, 3.05) is 45.5 Å². The molecule has 5 N–H and O–H groups in total. The molecule has 0 bridgehead atoms. The first-order chi connectivity index (χ1) is 22.9. The maximum atomic E-state index is 15.6. The minimum absolute atomic E-state index is 0.0575. The number of aliphatic imine (C=N–C) groups is 3. The van der Waals surface area contributed by atoms with Crippen LogP contribution in [-0.4, -0.2) is 75.6 Å². The molecular formula is C35H37F2N5O5. The van der Waals surface area contributed by atoms with Crippen molar-refractivity contribution in [3.05, 3.63) is 101 Å². The highest BCUT2D eigenvalue weighted by Crippen LogP contribution is 2.38. The molecule has 0 spiro atoms. The van der Waals surface area contributed by atoms with Crippen LogP contribution in [0, 0.1) is 18.6 Å². The fraction of sp³-hybridized carbons (Fsp3) is 0.200. The molecule has 12 heteroatoms. The van der Waals surface area contributed by atoms with Gasteiger partial charge in [-0.1, -0.05) is 54.6 Å². The van der Waals surface area contributed by atoms with Crippen LogP contribution in [0.25, 0.3) is 22.3 Å². The van der Waals surface area contributed by atoms with Crippen LogP contribution in [0.5, 0.6) is 5.75 Å². The molecule has 0 unspecified atom stereocenters. The highest BCUT2D eigenvalue weighted by Gasteiger charge is 2.20. The zero-order valence-electron chi connectivity index (χ0n) is 26.1. The number of hydrogen-bond donors (Lipinski definition) is 4. The van der Waals surface area contributed by atoms with E-state index in [9.17, 15) is 4.79 Å². The summed E-state index contributed by atoms with van der Waals surface area (Å²) in [4.78, 5) is 23.5. The van der Waals surface area contributed by atoms with Gasteiger partial charge in [-0.3, -0.25) is 14.8 Å². The summed E-state index contributed by atoms with van der Waals surface area (Å²) < 4.78 is 41.7. The lowest BCUT2D eigenvalue weighted by molar-refractivity contribution is 0.0978. The summed E-state index contributed by atoms with van der Waals surface area (Å²) in [6.07, 6.45) is 1.90. The summed E-state index contributed by atoms with van der Waals surface area (Å²) in [5.41, 5.74) is 9.24. The summed E-state index contributed by atoms with van der Waals surface area (Å²) in [6.45, 7) is 6.01. The van der Waals surface area contributed by atoms with E-state index in [0.717, 1.165) is 41.7 Å². The predicted molar refractivity (Wildman–Crippen MR) is 182 cm³/mol. The number of aldehydes is 1. The zero-order chi connectivity index (χ0) is 34.2. The highest BCUT2D eigenvalue weighted by molar-refractivity contribution is 6.03. The van der Waals surface area contributed by atoms with Crippen LogP contribution in [0.1, 0.15) is 21.5 Å². The van der Waals surface area contributed by atoms with E-state index < -0.39 is 11.6 Å². The Kier molecular flexibility index (Phi) is 14.3. The average Bonchev–Trinajstić information content (AvgIpc) is 3.09. The fourth-order valence-corrected chi connectivity index (χ4v) is 4.50. The monoisotopic (exact) mass is 645 g/mol. The molecule has 0 saturated carbocycles. The Hall–Kier alpha value is -5.30. The summed E-state index contributed by atoms with van der Waals surface area (Å²) in [5.74, 6) is -0.783. The second-order valence-electron chi connectivity index (χ2n) is 9.68. The summed E-state index contributed by atoms with van der Waals surface area (Å²) in [5, 5.41) is 18.6. The van der Waals surface area contributed by atoms with Crippen molar-refractivity contribution in [3.8, 4) is 28.0 Å². The van der Waals surface area contributed by atoms with Gasteiger partial charge in [0, 0.05) is 24.3 Å². The number of aliphatic hydroxyl groups is 2. The minimum Gasteiger partial charge on any atom is -0.473 e. The van der Waals surface area contributed by atoms with Crippen molar-refractivity contribution < 1.29 is 33.3 Å². The standard InChI is InChI=1S/C34H33F2N5O4.CH4O/c1-22-3-12-28(17-27(22)19-43)45-21-41-30-18-29(35)31(32(36)33(30)38-2)25-8-4-23(5-9-25)24-6-10-26(11-7-24)34(40-20-37)39-13-15-44-16-14-42;1-2/h3-12,17-20,41-42H,2,13-16,21H2,1H3,(H2,37,39,40);2H,1H3. The van der Waals surface area contributed by atoms with Crippen molar-refractivity contribution >= 4 is 36.6 Å². The van der Waals surface area contributed by atoms with Gasteiger partial charge < -0.3 is 30.7 Å². The number of benzene rings is 4. The van der Waals surface area contributed by atoms with Gasteiger partial charge >= 0.3 is 0 Å². The molecule has 0 aliphatic rings. The Morgan fingerprint density at radius 3 is 2.26 bits per heavy atom. The SMILES string of the molecule is C=Nc1c(NCOc2ccc(C)c(C=O)c2)cc(F)c(-c2ccc(-c3ccc(C(N=CN)=NCCOCCO)cc3)cc2)c1F.CO. The molecule has 0 atom stereocenters. The molecule has 0 aliphatic heterocycles. The van der Waals surface area contributed by atoms with Crippen molar-refractivity contribution in [2.45, 2.75) is 6.92 Å². The number of hydrogen-bond acceptors (Lipinski definition) is 8. The lowest BCUT2D eigenvalue weighted by atomic mass is 9.98. The van der Waals surface area contributed by atoms with Gasteiger partial charge in [-0.05, 0) is 48.0 Å². The minimum atomic E-state index is -0.864. The van der Waals surface area contributed by atoms with Crippen LogP contribution < -0.4 is 15.8 Å². The number of nitrogens with one attached hydrogen (secondary N) is 1. The second kappa shape index (κ2) is 18.6. The Bertz CT molecular complexity index is 1690. The number of ether oxygens (including phenoxy) is 2. The number of rotatable bonds is 14. The van der Waals surface area contributed by atoms with E-state index in [0.29, 0.717) is 35.9 Å². The van der Waals surface area contributed by atoms with E-state index in [-0.39, 0.29) is 36.9 Å². The van der Waals surface area contributed by atoms with Gasteiger partial charge in [-0.25, -0.2) is 13.8 Å². The molecule has 10 nitrogen and oxygen atoms in total. The number of halogens is 2. The number of aliphatic hydroxyl groups excluding tert-OH is 2. The van der Waals surface area contributed by atoms with Crippen LogP contribution in [0.3, 0.4) is 0 Å². The van der Waals surface area contributed by atoms with E-state index >= 15 is 8.78 Å². The van der Waals surface area contributed by atoms with E-state index in [1.54, 1.807) is 49.4 Å². The number of anilines is 1. The molecule has 246 valence electrons. The summed E-state index contributed by atoms with van der Waals surface area (Å²) in [6, 6.07) is 20.4. The number of amidine groups is 1. The molecule has 0 fully saturated rings. The van der Waals surface area contributed by atoms with Crippen LogP contribution >= 0.6 is 0 Å². The second-order valence-corrected chi connectivity index (χ2v) is 9.68. The lowest BCUT2D eigenvalue weighted by Crippen LogP contribution is -2.10. The highest BCUT2D eigenvalue weighted by atomic mass is 19.1. The first-order valence-corrected chi connectivity index (χ1v) is 14.4. The first kappa shape index (κ1) is 36.2. The van der Waals surface area contributed by atoms with E-state index in [1.165, 1.54) is 6.34 Å². The predicted octanol–water partition coefficient (Wildman–Crippen LogP) is 5.55. The third-order valence-corrected chi connectivity index (χ3v) is 6.81. The lowest BCUT2D eigenvalue weighted by Gasteiger charge is -2.15. The van der Waals surface area contributed by atoms with Gasteiger partial charge in [0.1, 0.15) is 23.5 Å². The Morgan fingerprint density at radius 2 is 1.64 bits per heavy atom.